The average Bonchev–Trinajstić information content (AvgIpc) is 2.56. The summed E-state index contributed by atoms with van der Waals surface area (Å²) < 4.78 is 0. The average molecular weight is 363 g/mol. The Labute approximate surface area is 149 Å². The molecule has 3 N–H and O–H groups in total. The molecule has 0 saturated heterocycles. The Hall–Kier alpha value is -2.41. The third-order valence-corrected chi connectivity index (χ3v) is 4.67. The molecular weight excluding hydrogens is 344 g/mol. The number of anilines is 1. The van der Waals surface area contributed by atoms with Crippen molar-refractivity contribution in [2.45, 2.75) is 44.7 Å². The largest absolute Gasteiger partial charge is 0.465 e. The van der Waals surface area contributed by atoms with Crippen molar-refractivity contribution in [1.82, 2.24) is 15.3 Å². The molecule has 8 heteroatoms. The molecule has 1 fully saturated rings. The SMILES string of the molecule is CC(=O)c1cnc2ccc(Cl)nc2c1NC1CCC(NC(=O)O)CC1. The topological polar surface area (TPSA) is 104 Å². The second kappa shape index (κ2) is 7.23. The Morgan fingerprint density at radius 1 is 1.20 bits per heavy atom. The standard InChI is InChI=1S/C17H19ClN4O3/c1-9(23)12-8-19-13-6-7-14(18)22-16(13)15(12)20-10-2-4-11(5-3-10)21-17(24)25/h6-8,10-11,21H,2-5H2,1H3,(H,19,20)(H,24,25). The Balaban J connectivity index is 1.85. The summed E-state index contributed by atoms with van der Waals surface area (Å²) in [7, 11) is 0. The molecule has 25 heavy (non-hydrogen) atoms. The third kappa shape index (κ3) is 3.99. The van der Waals surface area contributed by atoms with E-state index in [4.69, 9.17) is 16.7 Å². The van der Waals surface area contributed by atoms with Crippen LogP contribution < -0.4 is 10.6 Å². The van der Waals surface area contributed by atoms with Crippen molar-refractivity contribution in [2.75, 3.05) is 5.32 Å². The van der Waals surface area contributed by atoms with Gasteiger partial charge in [-0.3, -0.25) is 9.78 Å². The molecule has 0 atom stereocenters. The zero-order valence-corrected chi connectivity index (χ0v) is 14.5. The summed E-state index contributed by atoms with van der Waals surface area (Å²) in [6.07, 6.45) is 3.65. The van der Waals surface area contributed by atoms with Gasteiger partial charge in [-0.2, -0.15) is 0 Å². The predicted molar refractivity (Wildman–Crippen MR) is 95.4 cm³/mol. The third-order valence-electron chi connectivity index (χ3n) is 4.46. The van der Waals surface area contributed by atoms with Crippen LogP contribution in [0.15, 0.2) is 18.3 Å². The zero-order valence-electron chi connectivity index (χ0n) is 13.8. The van der Waals surface area contributed by atoms with Crippen molar-refractivity contribution >= 4 is 40.2 Å². The van der Waals surface area contributed by atoms with E-state index in [1.165, 1.54) is 6.92 Å². The van der Waals surface area contributed by atoms with Gasteiger partial charge in [0.15, 0.2) is 5.78 Å². The second-order valence-electron chi connectivity index (χ2n) is 6.25. The Morgan fingerprint density at radius 2 is 1.88 bits per heavy atom. The van der Waals surface area contributed by atoms with Crippen LogP contribution in [0.3, 0.4) is 0 Å². The summed E-state index contributed by atoms with van der Waals surface area (Å²) in [5.74, 6) is -0.0973. The van der Waals surface area contributed by atoms with Crippen molar-refractivity contribution in [3.8, 4) is 0 Å². The first-order valence-electron chi connectivity index (χ1n) is 8.16. The summed E-state index contributed by atoms with van der Waals surface area (Å²) in [5.41, 5.74) is 2.37. The van der Waals surface area contributed by atoms with E-state index in [1.54, 1.807) is 18.3 Å². The highest BCUT2D eigenvalue weighted by atomic mass is 35.5. The van der Waals surface area contributed by atoms with E-state index in [1.807, 2.05) is 0 Å². The van der Waals surface area contributed by atoms with Gasteiger partial charge in [-0.15, -0.1) is 0 Å². The molecule has 3 rings (SSSR count). The van der Waals surface area contributed by atoms with Crippen LogP contribution in [-0.2, 0) is 0 Å². The van der Waals surface area contributed by atoms with Gasteiger partial charge >= 0.3 is 6.09 Å². The van der Waals surface area contributed by atoms with Crippen LogP contribution in [0.1, 0.15) is 43.0 Å². The van der Waals surface area contributed by atoms with Crippen molar-refractivity contribution in [3.63, 3.8) is 0 Å². The summed E-state index contributed by atoms with van der Waals surface area (Å²) in [4.78, 5) is 31.4. The lowest BCUT2D eigenvalue weighted by Crippen LogP contribution is -2.39. The second-order valence-corrected chi connectivity index (χ2v) is 6.63. The first kappa shape index (κ1) is 17.4. The van der Waals surface area contributed by atoms with Crippen LogP contribution in [0.4, 0.5) is 10.5 Å². The number of hydrogen-bond acceptors (Lipinski definition) is 5. The van der Waals surface area contributed by atoms with Gasteiger partial charge in [0.05, 0.1) is 16.8 Å². The van der Waals surface area contributed by atoms with E-state index in [0.29, 0.717) is 27.4 Å². The van der Waals surface area contributed by atoms with Crippen molar-refractivity contribution < 1.29 is 14.7 Å². The number of ketones is 1. The van der Waals surface area contributed by atoms with Gasteiger partial charge in [0.2, 0.25) is 0 Å². The van der Waals surface area contributed by atoms with Gasteiger partial charge in [-0.25, -0.2) is 9.78 Å². The summed E-state index contributed by atoms with van der Waals surface area (Å²) in [6, 6.07) is 3.55. The lowest BCUT2D eigenvalue weighted by molar-refractivity contribution is 0.101. The summed E-state index contributed by atoms with van der Waals surface area (Å²) in [6.45, 7) is 1.49. The van der Waals surface area contributed by atoms with E-state index in [0.717, 1.165) is 25.7 Å². The van der Waals surface area contributed by atoms with Gasteiger partial charge in [-0.05, 0) is 44.7 Å². The number of carboxylic acid groups (broad SMARTS) is 1. The van der Waals surface area contributed by atoms with Crippen LogP contribution in [0.25, 0.3) is 11.0 Å². The number of carbonyl (C=O) groups excluding carboxylic acids is 1. The highest BCUT2D eigenvalue weighted by Crippen LogP contribution is 2.30. The Bertz CT molecular complexity index is 819. The molecule has 0 bridgehead atoms. The smallest absolute Gasteiger partial charge is 0.404 e. The molecule has 2 aromatic heterocycles. The van der Waals surface area contributed by atoms with E-state index < -0.39 is 6.09 Å². The van der Waals surface area contributed by atoms with Crippen LogP contribution in [0.5, 0.6) is 0 Å². The molecule has 1 aliphatic carbocycles. The lowest BCUT2D eigenvalue weighted by Gasteiger charge is -2.30. The fraction of sp³-hybridized carbons (Fsp3) is 0.412. The molecule has 0 spiro atoms. The van der Waals surface area contributed by atoms with Gasteiger partial charge in [0, 0.05) is 18.3 Å². The van der Waals surface area contributed by atoms with Crippen LogP contribution in [0, 0.1) is 0 Å². The number of nitrogens with zero attached hydrogens (tertiary/aromatic N) is 2. The van der Waals surface area contributed by atoms with Crippen LogP contribution in [-0.4, -0.2) is 39.0 Å². The number of rotatable bonds is 4. The van der Waals surface area contributed by atoms with Crippen molar-refractivity contribution in [3.05, 3.63) is 29.0 Å². The number of hydrogen-bond donors (Lipinski definition) is 3. The van der Waals surface area contributed by atoms with Crippen molar-refractivity contribution in [2.24, 2.45) is 0 Å². The number of nitrogens with one attached hydrogen (secondary N) is 2. The zero-order chi connectivity index (χ0) is 18.0. The molecule has 132 valence electrons. The molecular formula is C17H19ClN4O3. The molecule has 2 aromatic rings. The van der Waals surface area contributed by atoms with Gasteiger partial charge in [0.1, 0.15) is 10.7 Å². The fourth-order valence-corrected chi connectivity index (χ4v) is 3.36. The Morgan fingerprint density at radius 3 is 2.52 bits per heavy atom. The van der Waals surface area contributed by atoms with Crippen molar-refractivity contribution in [1.29, 1.82) is 0 Å². The molecule has 1 aliphatic rings. The number of pyridine rings is 2. The highest BCUT2D eigenvalue weighted by Gasteiger charge is 2.24. The van der Waals surface area contributed by atoms with Gasteiger partial charge in [0.25, 0.3) is 0 Å². The number of halogens is 1. The van der Waals surface area contributed by atoms with E-state index in [9.17, 15) is 9.59 Å². The molecule has 0 aromatic carbocycles. The van der Waals surface area contributed by atoms with E-state index in [2.05, 4.69) is 20.6 Å². The molecule has 2 heterocycles. The minimum atomic E-state index is -0.991. The molecule has 7 nitrogen and oxygen atoms in total. The maximum Gasteiger partial charge on any atom is 0.404 e. The molecule has 0 aliphatic heterocycles. The Kier molecular flexibility index (Phi) is 5.03. The monoisotopic (exact) mass is 362 g/mol. The number of fused-ring (bicyclic) bond motifs is 1. The number of aromatic nitrogens is 2. The summed E-state index contributed by atoms with van der Waals surface area (Å²) in [5, 5.41) is 15.1. The molecule has 0 unspecified atom stereocenters. The molecule has 0 radical (unpaired) electrons. The number of carbonyl (C=O) groups is 2. The minimum Gasteiger partial charge on any atom is -0.465 e. The predicted octanol–water partition coefficient (Wildman–Crippen LogP) is 3.48. The van der Waals surface area contributed by atoms with E-state index >= 15 is 0 Å². The van der Waals surface area contributed by atoms with Crippen LogP contribution >= 0.6 is 11.6 Å². The number of amides is 1. The lowest BCUT2D eigenvalue weighted by atomic mass is 9.91. The first-order valence-corrected chi connectivity index (χ1v) is 8.54. The maximum atomic E-state index is 12.0. The highest BCUT2D eigenvalue weighted by molar-refractivity contribution is 6.30. The summed E-state index contributed by atoms with van der Waals surface area (Å²) >= 11 is 6.02. The maximum absolute atomic E-state index is 12.0. The fourth-order valence-electron chi connectivity index (χ4n) is 3.22. The van der Waals surface area contributed by atoms with Gasteiger partial charge in [-0.1, -0.05) is 11.6 Å². The first-order chi connectivity index (χ1) is 11.9. The van der Waals surface area contributed by atoms with E-state index in [-0.39, 0.29) is 17.9 Å². The normalized spacial score (nSPS) is 20.2. The minimum absolute atomic E-state index is 0.0235. The van der Waals surface area contributed by atoms with Crippen LogP contribution in [0.2, 0.25) is 5.15 Å². The quantitative estimate of drug-likeness (QED) is 0.568. The molecule has 1 amide bonds. The molecule has 1 saturated carbocycles. The number of Topliss-reactive ketones (excluding diaryl/α,β-unsaturated/α-hetero) is 1. The van der Waals surface area contributed by atoms with Gasteiger partial charge < -0.3 is 15.7 Å².